The van der Waals surface area contributed by atoms with Crippen LogP contribution in [0.5, 0.6) is 0 Å². The number of hydrogen-bond acceptors (Lipinski definition) is 5. The third-order valence-electron chi connectivity index (χ3n) is 6.08. The topological polar surface area (TPSA) is 97.1 Å². The predicted molar refractivity (Wildman–Crippen MR) is 121 cm³/mol. The summed E-state index contributed by atoms with van der Waals surface area (Å²) in [4.78, 5) is 30.0. The highest BCUT2D eigenvalue weighted by Crippen LogP contribution is 2.44. The maximum atomic E-state index is 15.3. The number of aryl methyl sites for hydroxylation is 1. The lowest BCUT2D eigenvalue weighted by atomic mass is 9.95. The van der Waals surface area contributed by atoms with E-state index in [0.29, 0.717) is 11.1 Å². The van der Waals surface area contributed by atoms with E-state index in [9.17, 15) is 9.59 Å². The molecule has 0 aliphatic heterocycles. The third-order valence-corrected chi connectivity index (χ3v) is 7.39. The van der Waals surface area contributed by atoms with Gasteiger partial charge >= 0.3 is 5.97 Å². The van der Waals surface area contributed by atoms with Gasteiger partial charge in [-0.1, -0.05) is 5.11 Å². The molecule has 1 fully saturated rings. The zero-order valence-corrected chi connectivity index (χ0v) is 18.3. The molecule has 164 valence electrons. The Bertz CT molecular complexity index is 1350. The largest absolute Gasteiger partial charge is 0.462 e. The first-order valence-electron chi connectivity index (χ1n) is 10.7. The number of aromatic nitrogens is 1. The van der Waals surface area contributed by atoms with Gasteiger partial charge in [0.2, 0.25) is 5.43 Å². The number of thiophene rings is 1. The summed E-state index contributed by atoms with van der Waals surface area (Å²) in [5, 5.41) is 4.09. The standard InChI is InChI=1S/C23H21FN4O3S/c1-2-31-23(30)16-11-28(13-6-7-13)19-10-14(17(24)9-15(19)21(16)29)20-8-12-4-3-5-18(26-27-25)22(12)32-20/h8-11,13,18H,2-7H2,1H3. The summed E-state index contributed by atoms with van der Waals surface area (Å²) in [7, 11) is 0. The average Bonchev–Trinajstić information content (AvgIpc) is 3.52. The second-order valence-electron chi connectivity index (χ2n) is 8.19. The Kier molecular flexibility index (Phi) is 5.23. The number of fused-ring (bicyclic) bond motifs is 2. The molecule has 9 heteroatoms. The van der Waals surface area contributed by atoms with E-state index >= 15 is 4.39 Å². The molecule has 1 atom stereocenters. The van der Waals surface area contributed by atoms with E-state index in [1.807, 2.05) is 10.6 Å². The first kappa shape index (κ1) is 20.7. The smallest absolute Gasteiger partial charge is 0.343 e. The molecular weight excluding hydrogens is 431 g/mol. The lowest BCUT2D eigenvalue weighted by Gasteiger charge is -2.16. The summed E-state index contributed by atoms with van der Waals surface area (Å²) in [6.45, 7) is 1.84. The number of pyridine rings is 1. The van der Waals surface area contributed by atoms with E-state index < -0.39 is 17.2 Å². The molecular formula is C23H21FN4O3S. The molecule has 1 saturated carbocycles. The second kappa shape index (κ2) is 8.07. The van der Waals surface area contributed by atoms with Crippen LogP contribution in [0.15, 0.2) is 34.3 Å². The molecule has 0 radical (unpaired) electrons. The van der Waals surface area contributed by atoms with E-state index in [2.05, 4.69) is 10.0 Å². The van der Waals surface area contributed by atoms with Crippen molar-refractivity contribution in [2.75, 3.05) is 6.61 Å². The highest BCUT2D eigenvalue weighted by Gasteiger charge is 2.29. The van der Waals surface area contributed by atoms with Crippen molar-refractivity contribution in [3.8, 4) is 10.4 Å². The molecule has 0 N–H and O–H groups in total. The fraction of sp³-hybridized carbons (Fsp3) is 0.391. The van der Waals surface area contributed by atoms with E-state index in [-0.39, 0.29) is 29.6 Å². The van der Waals surface area contributed by atoms with Crippen molar-refractivity contribution in [2.24, 2.45) is 5.11 Å². The molecule has 2 aliphatic carbocycles. The van der Waals surface area contributed by atoms with E-state index in [4.69, 9.17) is 10.3 Å². The van der Waals surface area contributed by atoms with Gasteiger partial charge in [-0.3, -0.25) is 4.79 Å². The van der Waals surface area contributed by atoms with Gasteiger partial charge in [-0.25, -0.2) is 9.18 Å². The van der Waals surface area contributed by atoms with Crippen molar-refractivity contribution in [3.05, 3.63) is 66.9 Å². The van der Waals surface area contributed by atoms with E-state index in [1.165, 1.54) is 17.4 Å². The molecule has 1 unspecified atom stereocenters. The number of rotatable bonds is 5. The van der Waals surface area contributed by atoms with Crippen LogP contribution in [0.3, 0.4) is 0 Å². The van der Waals surface area contributed by atoms with Crippen molar-refractivity contribution in [1.29, 1.82) is 0 Å². The van der Waals surface area contributed by atoms with Crippen molar-refractivity contribution in [1.82, 2.24) is 4.57 Å². The molecule has 3 aromatic rings. The molecule has 5 rings (SSSR count). The van der Waals surface area contributed by atoms with Gasteiger partial charge in [0.05, 0.1) is 18.2 Å². The maximum absolute atomic E-state index is 15.3. The highest BCUT2D eigenvalue weighted by molar-refractivity contribution is 7.15. The Morgan fingerprint density at radius 2 is 2.16 bits per heavy atom. The molecule has 0 spiro atoms. The summed E-state index contributed by atoms with van der Waals surface area (Å²) in [6.07, 6.45) is 6.01. The van der Waals surface area contributed by atoms with Gasteiger partial charge in [0, 0.05) is 37.9 Å². The zero-order chi connectivity index (χ0) is 22.4. The number of nitrogens with zero attached hydrogens (tertiary/aromatic N) is 4. The minimum absolute atomic E-state index is 0.0674. The van der Waals surface area contributed by atoms with Crippen LogP contribution in [0.25, 0.3) is 31.8 Å². The third kappa shape index (κ3) is 3.47. The van der Waals surface area contributed by atoms with Gasteiger partial charge in [-0.2, -0.15) is 0 Å². The van der Waals surface area contributed by atoms with Crippen molar-refractivity contribution < 1.29 is 13.9 Å². The van der Waals surface area contributed by atoms with Gasteiger partial charge in [-0.15, -0.1) is 11.3 Å². The monoisotopic (exact) mass is 452 g/mol. The molecule has 1 aromatic carbocycles. The lowest BCUT2D eigenvalue weighted by Crippen LogP contribution is -2.21. The Morgan fingerprint density at radius 3 is 2.88 bits per heavy atom. The van der Waals surface area contributed by atoms with Crippen molar-refractivity contribution in [2.45, 2.75) is 51.1 Å². The molecule has 0 bridgehead atoms. The van der Waals surface area contributed by atoms with Crippen LogP contribution in [-0.4, -0.2) is 17.1 Å². The minimum Gasteiger partial charge on any atom is -0.462 e. The van der Waals surface area contributed by atoms with E-state index in [1.54, 1.807) is 19.2 Å². The van der Waals surface area contributed by atoms with Gasteiger partial charge in [-0.05, 0) is 68.3 Å². The minimum atomic E-state index is -0.687. The normalized spacial score (nSPS) is 17.6. The summed E-state index contributed by atoms with van der Waals surface area (Å²) in [5.41, 5.74) is 10.4. The highest BCUT2D eigenvalue weighted by atomic mass is 32.1. The fourth-order valence-electron chi connectivity index (χ4n) is 4.41. The Balaban J connectivity index is 1.68. The van der Waals surface area contributed by atoms with Crippen LogP contribution in [0, 0.1) is 5.82 Å². The Hall–Kier alpha value is -3.16. The fourth-order valence-corrected chi connectivity index (χ4v) is 5.71. The first-order valence-corrected chi connectivity index (χ1v) is 11.6. The number of halogens is 1. The van der Waals surface area contributed by atoms with Crippen molar-refractivity contribution >= 4 is 28.2 Å². The number of carbonyl (C=O) groups is 1. The molecule has 2 aromatic heterocycles. The quantitative estimate of drug-likeness (QED) is 0.203. The number of esters is 1. The first-order chi connectivity index (χ1) is 15.5. The number of carbonyl (C=O) groups excluding carboxylic acids is 1. The molecule has 2 heterocycles. The molecule has 0 amide bonds. The molecule has 0 saturated heterocycles. The SMILES string of the molecule is CCOC(=O)c1cn(C2CC2)c2cc(-c3cc4c(s3)C(N=[N+]=[N-])CCC4)c(F)cc2c1=O. The lowest BCUT2D eigenvalue weighted by molar-refractivity contribution is 0.0524. The van der Waals surface area contributed by atoms with E-state index in [0.717, 1.165) is 47.4 Å². The van der Waals surface area contributed by atoms with Gasteiger partial charge in [0.1, 0.15) is 11.4 Å². The van der Waals surface area contributed by atoms with Crippen LogP contribution in [0.2, 0.25) is 0 Å². The summed E-state index contributed by atoms with van der Waals surface area (Å²) < 4.78 is 22.2. The predicted octanol–water partition coefficient (Wildman–Crippen LogP) is 6.07. The second-order valence-corrected chi connectivity index (χ2v) is 9.28. The van der Waals surface area contributed by atoms with Gasteiger partial charge < -0.3 is 9.30 Å². The van der Waals surface area contributed by atoms with Crippen LogP contribution in [0.4, 0.5) is 4.39 Å². The van der Waals surface area contributed by atoms with Gasteiger partial charge in [0.15, 0.2) is 0 Å². The maximum Gasteiger partial charge on any atom is 0.343 e. The van der Waals surface area contributed by atoms with Crippen LogP contribution in [-0.2, 0) is 11.2 Å². The number of ether oxygens (including phenoxy) is 1. The number of hydrogen-bond donors (Lipinski definition) is 0. The molecule has 7 nitrogen and oxygen atoms in total. The molecule has 2 aliphatic rings. The Labute approximate surface area is 187 Å². The summed E-state index contributed by atoms with van der Waals surface area (Å²) in [6, 6.07) is 4.87. The number of benzene rings is 1. The van der Waals surface area contributed by atoms with Crippen LogP contribution >= 0.6 is 11.3 Å². The number of azide groups is 1. The summed E-state index contributed by atoms with van der Waals surface area (Å²) in [5.74, 6) is -1.20. The van der Waals surface area contributed by atoms with Crippen LogP contribution in [0.1, 0.15) is 65.5 Å². The molecule has 32 heavy (non-hydrogen) atoms. The summed E-state index contributed by atoms with van der Waals surface area (Å²) >= 11 is 1.44. The Morgan fingerprint density at radius 1 is 1.34 bits per heavy atom. The zero-order valence-electron chi connectivity index (χ0n) is 17.5. The average molecular weight is 453 g/mol. The van der Waals surface area contributed by atoms with Gasteiger partial charge in [0.25, 0.3) is 0 Å². The van der Waals surface area contributed by atoms with Crippen LogP contribution < -0.4 is 5.43 Å². The van der Waals surface area contributed by atoms with Crippen molar-refractivity contribution in [3.63, 3.8) is 0 Å².